The molecule has 0 spiro atoms. The van der Waals surface area contributed by atoms with Gasteiger partial charge < -0.3 is 19.8 Å². The van der Waals surface area contributed by atoms with Gasteiger partial charge in [0.1, 0.15) is 0 Å². The van der Waals surface area contributed by atoms with E-state index in [-0.39, 0.29) is 17.4 Å². The van der Waals surface area contributed by atoms with Crippen LogP contribution in [-0.2, 0) is 11.2 Å². The molecule has 1 heterocycles. The van der Waals surface area contributed by atoms with Gasteiger partial charge in [-0.3, -0.25) is 9.59 Å². The molecule has 0 unspecified atom stereocenters. The summed E-state index contributed by atoms with van der Waals surface area (Å²) in [5.74, 6) is -1.44. The number of furan rings is 1. The van der Waals surface area contributed by atoms with Gasteiger partial charge in [0.25, 0.3) is 11.8 Å². The number of rotatable bonds is 7. The van der Waals surface area contributed by atoms with Crippen LogP contribution < -0.4 is 10.6 Å². The highest BCUT2D eigenvalue weighted by Gasteiger charge is 2.16. The largest absolute Gasteiger partial charge is 0.463 e. The van der Waals surface area contributed by atoms with Crippen molar-refractivity contribution < 1.29 is 23.5 Å². The van der Waals surface area contributed by atoms with Crippen molar-refractivity contribution in [2.45, 2.75) is 6.42 Å². The van der Waals surface area contributed by atoms with E-state index < -0.39 is 11.9 Å². The van der Waals surface area contributed by atoms with Crippen molar-refractivity contribution in [2.24, 2.45) is 0 Å². The third-order valence-electron chi connectivity index (χ3n) is 4.16. The standard InChI is InChI=1S/C22H20N2O5/c1-28-22(27)19-12-11-18(29-19)21(26)24-17-9-7-16(8-10-17)20(25)23-14-13-15-5-3-2-4-6-15/h2-12H,13-14H2,1H3,(H,23,25)(H,24,26). The summed E-state index contributed by atoms with van der Waals surface area (Å²) in [5.41, 5.74) is 2.13. The minimum Gasteiger partial charge on any atom is -0.463 e. The SMILES string of the molecule is COC(=O)c1ccc(C(=O)Nc2ccc(C(=O)NCCc3ccccc3)cc2)o1. The van der Waals surface area contributed by atoms with E-state index in [1.54, 1.807) is 24.3 Å². The Morgan fingerprint density at radius 3 is 2.24 bits per heavy atom. The molecular weight excluding hydrogens is 372 g/mol. The first-order valence-electron chi connectivity index (χ1n) is 8.98. The van der Waals surface area contributed by atoms with Crippen molar-refractivity contribution in [3.63, 3.8) is 0 Å². The van der Waals surface area contributed by atoms with E-state index in [0.29, 0.717) is 17.8 Å². The van der Waals surface area contributed by atoms with E-state index in [2.05, 4.69) is 15.4 Å². The monoisotopic (exact) mass is 392 g/mol. The molecule has 0 fully saturated rings. The highest BCUT2D eigenvalue weighted by atomic mass is 16.5. The van der Waals surface area contributed by atoms with Gasteiger partial charge in [0.15, 0.2) is 5.76 Å². The van der Waals surface area contributed by atoms with Crippen molar-refractivity contribution >= 4 is 23.5 Å². The fourth-order valence-corrected chi connectivity index (χ4v) is 2.63. The molecule has 0 aliphatic rings. The molecule has 3 aromatic rings. The Hall–Kier alpha value is -3.87. The zero-order chi connectivity index (χ0) is 20.6. The molecule has 0 saturated heterocycles. The van der Waals surface area contributed by atoms with Crippen molar-refractivity contribution in [1.29, 1.82) is 0 Å². The third-order valence-corrected chi connectivity index (χ3v) is 4.16. The third kappa shape index (κ3) is 5.32. The molecule has 0 radical (unpaired) electrons. The second-order valence-corrected chi connectivity index (χ2v) is 6.18. The zero-order valence-corrected chi connectivity index (χ0v) is 15.8. The van der Waals surface area contributed by atoms with Crippen LogP contribution in [-0.4, -0.2) is 31.4 Å². The van der Waals surface area contributed by atoms with Crippen LogP contribution in [0, 0.1) is 0 Å². The Balaban J connectivity index is 1.52. The Labute approximate surface area is 167 Å². The summed E-state index contributed by atoms with van der Waals surface area (Å²) in [6.07, 6.45) is 0.747. The first kappa shape index (κ1) is 19.9. The summed E-state index contributed by atoms with van der Waals surface area (Å²) in [7, 11) is 1.23. The van der Waals surface area contributed by atoms with Crippen LogP contribution in [0.25, 0.3) is 0 Å². The van der Waals surface area contributed by atoms with Crippen LogP contribution in [0.4, 0.5) is 5.69 Å². The maximum Gasteiger partial charge on any atom is 0.373 e. The van der Waals surface area contributed by atoms with E-state index in [9.17, 15) is 14.4 Å². The number of ether oxygens (including phenoxy) is 1. The molecule has 7 heteroatoms. The molecule has 29 heavy (non-hydrogen) atoms. The molecule has 0 saturated carbocycles. The number of methoxy groups -OCH3 is 1. The highest BCUT2D eigenvalue weighted by Crippen LogP contribution is 2.14. The van der Waals surface area contributed by atoms with Crippen LogP contribution in [0.15, 0.2) is 71.1 Å². The molecule has 0 atom stereocenters. The maximum absolute atomic E-state index is 12.2. The number of anilines is 1. The Kier molecular flexibility index (Phi) is 6.42. The molecule has 3 rings (SSSR count). The Morgan fingerprint density at radius 1 is 0.862 bits per heavy atom. The highest BCUT2D eigenvalue weighted by molar-refractivity contribution is 6.03. The fourth-order valence-electron chi connectivity index (χ4n) is 2.63. The lowest BCUT2D eigenvalue weighted by atomic mass is 10.1. The number of nitrogens with one attached hydrogen (secondary N) is 2. The summed E-state index contributed by atoms with van der Waals surface area (Å²) in [6.45, 7) is 0.530. The lowest BCUT2D eigenvalue weighted by molar-refractivity contribution is 0.0563. The van der Waals surface area contributed by atoms with Gasteiger partial charge in [-0.25, -0.2) is 4.79 Å². The van der Waals surface area contributed by atoms with Crippen molar-refractivity contribution in [2.75, 3.05) is 19.0 Å². The smallest absolute Gasteiger partial charge is 0.373 e. The van der Waals surface area contributed by atoms with E-state index in [0.717, 1.165) is 12.0 Å². The average molecular weight is 392 g/mol. The topological polar surface area (TPSA) is 97.6 Å². The van der Waals surface area contributed by atoms with Gasteiger partial charge in [-0.05, 0) is 48.4 Å². The summed E-state index contributed by atoms with van der Waals surface area (Å²) >= 11 is 0. The quantitative estimate of drug-likeness (QED) is 0.602. The number of hydrogen-bond acceptors (Lipinski definition) is 5. The molecule has 2 N–H and O–H groups in total. The summed E-state index contributed by atoms with van der Waals surface area (Å²) < 4.78 is 9.70. The molecule has 2 amide bonds. The van der Waals surface area contributed by atoms with Crippen molar-refractivity contribution in [3.8, 4) is 0 Å². The van der Waals surface area contributed by atoms with E-state index in [4.69, 9.17) is 4.42 Å². The molecule has 1 aromatic heterocycles. The molecular formula is C22H20N2O5. The van der Waals surface area contributed by atoms with Gasteiger partial charge in [0, 0.05) is 17.8 Å². The van der Waals surface area contributed by atoms with Gasteiger partial charge >= 0.3 is 5.97 Å². The number of hydrogen-bond donors (Lipinski definition) is 2. The predicted octanol–water partition coefficient (Wildman–Crippen LogP) is 3.29. The summed E-state index contributed by atoms with van der Waals surface area (Å²) in [5, 5.41) is 5.51. The first-order chi connectivity index (χ1) is 14.1. The van der Waals surface area contributed by atoms with Gasteiger partial charge in [0.2, 0.25) is 5.76 Å². The van der Waals surface area contributed by atoms with Crippen LogP contribution in [0.3, 0.4) is 0 Å². The number of esters is 1. The minimum atomic E-state index is -0.660. The maximum atomic E-state index is 12.2. The van der Waals surface area contributed by atoms with Gasteiger partial charge in [-0.15, -0.1) is 0 Å². The zero-order valence-electron chi connectivity index (χ0n) is 15.8. The number of amides is 2. The summed E-state index contributed by atoms with van der Waals surface area (Å²) in [4.78, 5) is 35.8. The van der Waals surface area contributed by atoms with E-state index in [1.165, 1.54) is 19.2 Å². The normalized spacial score (nSPS) is 10.2. The van der Waals surface area contributed by atoms with E-state index in [1.807, 2.05) is 30.3 Å². The van der Waals surface area contributed by atoms with Crippen LogP contribution in [0.5, 0.6) is 0 Å². The average Bonchev–Trinajstić information content (AvgIpc) is 3.25. The molecule has 0 aliphatic heterocycles. The Bertz CT molecular complexity index is 994. The number of carbonyl (C=O) groups excluding carboxylic acids is 3. The number of carbonyl (C=O) groups is 3. The van der Waals surface area contributed by atoms with Crippen molar-refractivity contribution in [3.05, 3.63) is 89.4 Å². The van der Waals surface area contributed by atoms with Crippen LogP contribution in [0.1, 0.15) is 37.0 Å². The number of benzene rings is 2. The van der Waals surface area contributed by atoms with Gasteiger partial charge in [-0.1, -0.05) is 30.3 Å². The van der Waals surface area contributed by atoms with Gasteiger partial charge in [0.05, 0.1) is 7.11 Å². The first-order valence-corrected chi connectivity index (χ1v) is 8.98. The summed E-state index contributed by atoms with van der Waals surface area (Å²) in [6, 6.07) is 19.1. The Morgan fingerprint density at radius 2 is 1.55 bits per heavy atom. The second-order valence-electron chi connectivity index (χ2n) is 6.18. The molecule has 7 nitrogen and oxygen atoms in total. The minimum absolute atomic E-state index is 0.0202. The second kappa shape index (κ2) is 9.36. The van der Waals surface area contributed by atoms with Crippen molar-refractivity contribution in [1.82, 2.24) is 5.32 Å². The lowest BCUT2D eigenvalue weighted by Crippen LogP contribution is -2.25. The van der Waals surface area contributed by atoms with Gasteiger partial charge in [-0.2, -0.15) is 0 Å². The van der Waals surface area contributed by atoms with E-state index >= 15 is 0 Å². The molecule has 0 bridgehead atoms. The molecule has 0 aliphatic carbocycles. The predicted molar refractivity (Wildman–Crippen MR) is 107 cm³/mol. The fraction of sp³-hybridized carbons (Fsp3) is 0.136. The molecule has 148 valence electrons. The van der Waals surface area contributed by atoms with Crippen LogP contribution in [0.2, 0.25) is 0 Å². The van der Waals surface area contributed by atoms with Crippen LogP contribution >= 0.6 is 0 Å². The lowest BCUT2D eigenvalue weighted by Gasteiger charge is -2.07. The molecule has 2 aromatic carbocycles.